The van der Waals surface area contributed by atoms with Gasteiger partial charge in [0.25, 0.3) is 0 Å². The summed E-state index contributed by atoms with van der Waals surface area (Å²) in [7, 11) is 0. The van der Waals surface area contributed by atoms with Crippen molar-refractivity contribution in [2.45, 2.75) is 12.8 Å². The molecule has 0 amide bonds. The number of rotatable bonds is 1. The first-order valence-electron chi connectivity index (χ1n) is 4.63. The first kappa shape index (κ1) is 10.4. The molecule has 1 atom stereocenters. The van der Waals surface area contributed by atoms with Gasteiger partial charge in [-0.25, -0.2) is 0 Å². The third-order valence-corrected chi connectivity index (χ3v) is 3.39. The van der Waals surface area contributed by atoms with Crippen LogP contribution in [0.25, 0.3) is 0 Å². The fourth-order valence-corrected chi connectivity index (χ4v) is 2.38. The molecule has 1 unspecified atom stereocenters. The second-order valence-corrected chi connectivity index (χ2v) is 4.49. The number of carbonyl (C=O) groups excluding carboxylic acids is 1. The lowest BCUT2D eigenvalue weighted by molar-refractivity contribution is -0.141. The minimum Gasteiger partial charge on any atom is -0.481 e. The molecule has 1 N–H and O–H groups in total. The van der Waals surface area contributed by atoms with Crippen molar-refractivity contribution in [3.8, 4) is 0 Å². The van der Waals surface area contributed by atoms with Crippen molar-refractivity contribution in [2.24, 2.45) is 5.92 Å². The fourth-order valence-electron chi connectivity index (χ4n) is 1.85. The monoisotopic (exact) mass is 268 g/mol. The van der Waals surface area contributed by atoms with Crippen LogP contribution in [0.2, 0.25) is 0 Å². The van der Waals surface area contributed by atoms with Gasteiger partial charge in [0.2, 0.25) is 0 Å². The third-order valence-electron chi connectivity index (χ3n) is 2.65. The molecule has 1 aliphatic carbocycles. The van der Waals surface area contributed by atoms with E-state index in [0.29, 0.717) is 12.0 Å². The van der Waals surface area contributed by atoms with Crippen LogP contribution in [0.1, 0.15) is 22.3 Å². The van der Waals surface area contributed by atoms with Crippen LogP contribution in [-0.4, -0.2) is 16.9 Å². The van der Waals surface area contributed by atoms with E-state index in [0.717, 1.165) is 10.0 Å². The fraction of sp³-hybridized carbons (Fsp3) is 0.273. The standard InChI is InChI=1S/C11H9BrO3/c12-9-3-1-2-7-8(9)4-6(11(14)15)5-10(7)13/h1-3,6H,4-5H2,(H,14,15). The Morgan fingerprint density at radius 3 is 2.80 bits per heavy atom. The smallest absolute Gasteiger partial charge is 0.307 e. The Hall–Kier alpha value is -1.16. The predicted molar refractivity (Wildman–Crippen MR) is 57.9 cm³/mol. The molecule has 78 valence electrons. The third kappa shape index (κ3) is 1.81. The number of halogens is 1. The van der Waals surface area contributed by atoms with E-state index in [1.54, 1.807) is 12.1 Å². The number of hydrogen-bond acceptors (Lipinski definition) is 2. The van der Waals surface area contributed by atoms with E-state index < -0.39 is 11.9 Å². The Morgan fingerprint density at radius 1 is 1.40 bits per heavy atom. The van der Waals surface area contributed by atoms with Crippen LogP contribution in [0.3, 0.4) is 0 Å². The highest BCUT2D eigenvalue weighted by molar-refractivity contribution is 9.10. The maximum absolute atomic E-state index is 11.7. The van der Waals surface area contributed by atoms with Gasteiger partial charge in [0.05, 0.1) is 5.92 Å². The number of hydrogen-bond donors (Lipinski definition) is 1. The van der Waals surface area contributed by atoms with Gasteiger partial charge < -0.3 is 5.11 Å². The van der Waals surface area contributed by atoms with Gasteiger partial charge in [-0.2, -0.15) is 0 Å². The lowest BCUT2D eigenvalue weighted by atomic mass is 9.83. The number of benzene rings is 1. The van der Waals surface area contributed by atoms with Crippen molar-refractivity contribution < 1.29 is 14.7 Å². The average Bonchev–Trinajstić information content (AvgIpc) is 2.19. The first-order chi connectivity index (χ1) is 7.09. The van der Waals surface area contributed by atoms with Crippen LogP contribution in [0.15, 0.2) is 22.7 Å². The summed E-state index contributed by atoms with van der Waals surface area (Å²) in [5, 5.41) is 8.90. The van der Waals surface area contributed by atoms with Crippen molar-refractivity contribution in [2.75, 3.05) is 0 Å². The summed E-state index contributed by atoms with van der Waals surface area (Å²) in [5.41, 5.74) is 1.48. The molecule has 1 aromatic carbocycles. The van der Waals surface area contributed by atoms with Crippen LogP contribution in [0, 0.1) is 5.92 Å². The zero-order chi connectivity index (χ0) is 11.0. The van der Waals surface area contributed by atoms with Crippen molar-refractivity contribution >= 4 is 27.7 Å². The highest BCUT2D eigenvalue weighted by Gasteiger charge is 2.30. The maximum Gasteiger partial charge on any atom is 0.307 e. The molecule has 0 aliphatic heterocycles. The second-order valence-electron chi connectivity index (χ2n) is 3.63. The Balaban J connectivity index is 2.46. The van der Waals surface area contributed by atoms with E-state index in [4.69, 9.17) is 5.11 Å². The van der Waals surface area contributed by atoms with Crippen LogP contribution in [0.5, 0.6) is 0 Å². The quantitative estimate of drug-likeness (QED) is 0.850. The van der Waals surface area contributed by atoms with Crippen molar-refractivity contribution in [1.29, 1.82) is 0 Å². The normalized spacial score (nSPS) is 19.8. The number of carbonyl (C=O) groups is 2. The molecular weight excluding hydrogens is 260 g/mol. The molecule has 0 saturated heterocycles. The zero-order valence-corrected chi connectivity index (χ0v) is 9.45. The Morgan fingerprint density at radius 2 is 2.13 bits per heavy atom. The minimum atomic E-state index is -0.898. The molecule has 1 aromatic rings. The second kappa shape index (κ2) is 3.77. The Kier molecular flexibility index (Phi) is 2.61. The van der Waals surface area contributed by atoms with Crippen LogP contribution >= 0.6 is 15.9 Å². The number of carboxylic acid groups (broad SMARTS) is 1. The molecule has 0 spiro atoms. The molecule has 0 fully saturated rings. The van der Waals surface area contributed by atoms with E-state index in [9.17, 15) is 9.59 Å². The molecular formula is C11H9BrO3. The molecule has 15 heavy (non-hydrogen) atoms. The molecule has 4 heteroatoms. The van der Waals surface area contributed by atoms with Crippen LogP contribution < -0.4 is 0 Å². The van der Waals surface area contributed by atoms with E-state index in [1.165, 1.54) is 0 Å². The van der Waals surface area contributed by atoms with Crippen LogP contribution in [0.4, 0.5) is 0 Å². The van der Waals surface area contributed by atoms with E-state index >= 15 is 0 Å². The highest BCUT2D eigenvalue weighted by atomic mass is 79.9. The topological polar surface area (TPSA) is 54.4 Å². The van der Waals surface area contributed by atoms with Crippen LogP contribution in [-0.2, 0) is 11.2 Å². The summed E-state index contributed by atoms with van der Waals surface area (Å²) in [5.74, 6) is -1.56. The first-order valence-corrected chi connectivity index (χ1v) is 5.42. The number of ketones is 1. The zero-order valence-electron chi connectivity index (χ0n) is 7.87. The Bertz CT molecular complexity index is 439. The SMILES string of the molecule is O=C1CC(C(=O)O)Cc2c(Br)cccc21. The van der Waals surface area contributed by atoms with Crippen molar-refractivity contribution in [1.82, 2.24) is 0 Å². The molecule has 0 bridgehead atoms. The summed E-state index contributed by atoms with van der Waals surface area (Å²) >= 11 is 3.34. The molecule has 0 saturated carbocycles. The Labute approximate surface area is 95.2 Å². The number of aliphatic carboxylic acids is 1. The number of carboxylic acids is 1. The lowest BCUT2D eigenvalue weighted by Crippen LogP contribution is -2.26. The van der Waals surface area contributed by atoms with Gasteiger partial charge in [0.15, 0.2) is 5.78 Å². The molecule has 1 aliphatic rings. The minimum absolute atomic E-state index is 0.0787. The van der Waals surface area contributed by atoms with Gasteiger partial charge in [0.1, 0.15) is 0 Å². The summed E-state index contributed by atoms with van der Waals surface area (Å²) in [6, 6.07) is 5.37. The van der Waals surface area contributed by atoms with Gasteiger partial charge in [-0.05, 0) is 18.1 Å². The highest BCUT2D eigenvalue weighted by Crippen LogP contribution is 2.30. The van der Waals surface area contributed by atoms with Crippen molar-refractivity contribution in [3.63, 3.8) is 0 Å². The molecule has 0 heterocycles. The lowest BCUT2D eigenvalue weighted by Gasteiger charge is -2.21. The molecule has 3 nitrogen and oxygen atoms in total. The molecule has 0 aromatic heterocycles. The molecule has 0 radical (unpaired) electrons. The number of Topliss-reactive ketones (excluding diaryl/α,β-unsaturated/α-hetero) is 1. The predicted octanol–water partition coefficient (Wildman–Crippen LogP) is 2.28. The van der Waals surface area contributed by atoms with E-state index in [-0.39, 0.29) is 12.2 Å². The summed E-state index contributed by atoms with van der Waals surface area (Å²) in [4.78, 5) is 22.5. The van der Waals surface area contributed by atoms with Gasteiger partial charge in [-0.1, -0.05) is 28.1 Å². The van der Waals surface area contributed by atoms with E-state index in [2.05, 4.69) is 15.9 Å². The van der Waals surface area contributed by atoms with E-state index in [1.807, 2.05) is 6.07 Å². The molecule has 2 rings (SSSR count). The number of fused-ring (bicyclic) bond motifs is 1. The van der Waals surface area contributed by atoms with Gasteiger partial charge in [-0.15, -0.1) is 0 Å². The largest absolute Gasteiger partial charge is 0.481 e. The maximum atomic E-state index is 11.7. The van der Waals surface area contributed by atoms with Gasteiger partial charge in [-0.3, -0.25) is 9.59 Å². The van der Waals surface area contributed by atoms with Crippen molar-refractivity contribution in [3.05, 3.63) is 33.8 Å². The summed E-state index contributed by atoms with van der Waals surface area (Å²) in [6.07, 6.45) is 0.538. The van der Waals surface area contributed by atoms with Gasteiger partial charge in [0, 0.05) is 16.5 Å². The summed E-state index contributed by atoms with van der Waals surface area (Å²) in [6.45, 7) is 0. The summed E-state index contributed by atoms with van der Waals surface area (Å²) < 4.78 is 0.819. The average molecular weight is 269 g/mol. The van der Waals surface area contributed by atoms with Gasteiger partial charge >= 0.3 is 5.97 Å².